The van der Waals surface area contributed by atoms with Gasteiger partial charge in [-0.1, -0.05) is 36.4 Å². The number of hydrogen-bond acceptors (Lipinski definition) is 4. The highest BCUT2D eigenvalue weighted by molar-refractivity contribution is 9.10. The number of halogens is 1. The van der Waals surface area contributed by atoms with Crippen LogP contribution in [0, 0.1) is 11.3 Å². The van der Waals surface area contributed by atoms with Crippen molar-refractivity contribution in [3.8, 4) is 17.6 Å². The summed E-state index contributed by atoms with van der Waals surface area (Å²) in [6.07, 6.45) is 1.52. The number of amides is 1. The van der Waals surface area contributed by atoms with Crippen molar-refractivity contribution in [2.24, 2.45) is 0 Å². The molecule has 0 unspecified atom stereocenters. The van der Waals surface area contributed by atoms with Gasteiger partial charge in [-0.3, -0.25) is 4.79 Å². The van der Waals surface area contributed by atoms with Gasteiger partial charge in [-0.05, 0) is 58.1 Å². The van der Waals surface area contributed by atoms with Crippen molar-refractivity contribution in [2.45, 2.75) is 6.92 Å². The SMILES string of the molecule is CCOc1c(Br)cc(/C=C(\C#N)C(=O)Nc2cccc3ccccc23)cc1OC. The Morgan fingerprint density at radius 1 is 1.21 bits per heavy atom. The molecule has 29 heavy (non-hydrogen) atoms. The van der Waals surface area contributed by atoms with E-state index in [9.17, 15) is 10.1 Å². The second kappa shape index (κ2) is 9.26. The van der Waals surface area contributed by atoms with Gasteiger partial charge in [0.2, 0.25) is 0 Å². The number of rotatable bonds is 6. The standard InChI is InChI=1S/C23H19BrN2O3/c1-3-29-22-19(24)12-15(13-21(22)28-2)11-17(14-25)23(27)26-20-10-6-8-16-7-4-5-9-18(16)20/h4-13H,3H2,1-2H3,(H,26,27)/b17-11+. The van der Waals surface area contributed by atoms with E-state index in [0.717, 1.165) is 10.8 Å². The van der Waals surface area contributed by atoms with E-state index >= 15 is 0 Å². The average Bonchev–Trinajstić information content (AvgIpc) is 2.73. The normalized spacial score (nSPS) is 11.0. The first-order valence-electron chi connectivity index (χ1n) is 8.98. The quantitative estimate of drug-likeness (QED) is 0.394. The molecule has 1 amide bonds. The average molecular weight is 451 g/mol. The zero-order valence-electron chi connectivity index (χ0n) is 16.0. The fourth-order valence-corrected chi connectivity index (χ4v) is 3.52. The van der Waals surface area contributed by atoms with Gasteiger partial charge >= 0.3 is 0 Å². The molecular weight excluding hydrogens is 432 g/mol. The molecule has 6 heteroatoms. The number of hydrogen-bond donors (Lipinski definition) is 1. The summed E-state index contributed by atoms with van der Waals surface area (Å²) in [6, 6.07) is 18.8. The summed E-state index contributed by atoms with van der Waals surface area (Å²) in [6.45, 7) is 2.37. The molecule has 0 atom stereocenters. The summed E-state index contributed by atoms with van der Waals surface area (Å²) in [5, 5.41) is 14.3. The van der Waals surface area contributed by atoms with Crippen LogP contribution >= 0.6 is 15.9 Å². The lowest BCUT2D eigenvalue weighted by Crippen LogP contribution is -2.13. The highest BCUT2D eigenvalue weighted by Crippen LogP contribution is 2.37. The van der Waals surface area contributed by atoms with Crippen LogP contribution in [0.1, 0.15) is 12.5 Å². The fraction of sp³-hybridized carbons (Fsp3) is 0.130. The number of fused-ring (bicyclic) bond motifs is 1. The van der Waals surface area contributed by atoms with Crippen molar-refractivity contribution < 1.29 is 14.3 Å². The van der Waals surface area contributed by atoms with Crippen LogP contribution < -0.4 is 14.8 Å². The van der Waals surface area contributed by atoms with Gasteiger partial charge in [-0.15, -0.1) is 0 Å². The third kappa shape index (κ3) is 4.58. The molecule has 0 aliphatic heterocycles. The molecule has 0 aliphatic carbocycles. The van der Waals surface area contributed by atoms with Crippen LogP contribution in [0.25, 0.3) is 16.8 Å². The van der Waals surface area contributed by atoms with Crippen molar-refractivity contribution in [2.75, 3.05) is 19.0 Å². The molecule has 0 aliphatic rings. The first-order valence-corrected chi connectivity index (χ1v) is 9.78. The van der Waals surface area contributed by atoms with Gasteiger partial charge in [0.15, 0.2) is 11.5 Å². The molecule has 0 aromatic heterocycles. The van der Waals surface area contributed by atoms with Gasteiger partial charge in [0.25, 0.3) is 5.91 Å². The minimum absolute atomic E-state index is 0.0175. The Labute approximate surface area is 177 Å². The van der Waals surface area contributed by atoms with E-state index < -0.39 is 5.91 Å². The molecule has 5 nitrogen and oxygen atoms in total. The summed E-state index contributed by atoms with van der Waals surface area (Å²) in [5.41, 5.74) is 1.28. The Balaban J connectivity index is 1.93. The Hall–Kier alpha value is -3.30. The second-order valence-corrected chi connectivity index (χ2v) is 6.97. The van der Waals surface area contributed by atoms with Crippen molar-refractivity contribution in [3.05, 3.63) is 70.2 Å². The van der Waals surface area contributed by atoms with Crippen molar-refractivity contribution >= 4 is 44.4 Å². The monoisotopic (exact) mass is 450 g/mol. The van der Waals surface area contributed by atoms with Gasteiger partial charge < -0.3 is 14.8 Å². The zero-order valence-corrected chi connectivity index (χ0v) is 17.6. The van der Waals surface area contributed by atoms with E-state index in [4.69, 9.17) is 9.47 Å². The molecule has 0 fully saturated rings. The molecule has 0 spiro atoms. The lowest BCUT2D eigenvalue weighted by molar-refractivity contribution is -0.112. The number of methoxy groups -OCH3 is 1. The molecule has 1 N–H and O–H groups in total. The highest BCUT2D eigenvalue weighted by Gasteiger charge is 2.14. The summed E-state index contributed by atoms with van der Waals surface area (Å²) >= 11 is 3.45. The minimum atomic E-state index is -0.479. The van der Waals surface area contributed by atoms with Crippen LogP contribution in [-0.4, -0.2) is 19.6 Å². The largest absolute Gasteiger partial charge is 0.493 e. The maximum Gasteiger partial charge on any atom is 0.266 e. The van der Waals surface area contributed by atoms with Crippen molar-refractivity contribution in [3.63, 3.8) is 0 Å². The fourth-order valence-electron chi connectivity index (χ4n) is 2.95. The smallest absolute Gasteiger partial charge is 0.266 e. The summed E-state index contributed by atoms with van der Waals surface area (Å²) in [5.74, 6) is 0.609. The van der Waals surface area contributed by atoms with E-state index in [2.05, 4.69) is 21.2 Å². The molecule has 0 bridgehead atoms. The molecule has 3 aromatic rings. The second-order valence-electron chi connectivity index (χ2n) is 6.12. The molecule has 0 saturated heterocycles. The third-order valence-corrected chi connectivity index (χ3v) is 4.84. The van der Waals surface area contributed by atoms with E-state index in [1.165, 1.54) is 13.2 Å². The van der Waals surface area contributed by atoms with E-state index in [-0.39, 0.29) is 5.57 Å². The number of anilines is 1. The molecule has 0 saturated carbocycles. The number of benzene rings is 3. The number of nitrogens with one attached hydrogen (secondary N) is 1. The van der Waals surface area contributed by atoms with Crippen molar-refractivity contribution in [1.82, 2.24) is 0 Å². The van der Waals surface area contributed by atoms with Crippen LogP contribution in [-0.2, 0) is 4.79 Å². The summed E-state index contributed by atoms with van der Waals surface area (Å²) in [4.78, 5) is 12.7. The zero-order chi connectivity index (χ0) is 20.8. The van der Waals surface area contributed by atoms with Crippen LogP contribution in [0.5, 0.6) is 11.5 Å². The highest BCUT2D eigenvalue weighted by atomic mass is 79.9. The van der Waals surface area contributed by atoms with Crippen LogP contribution in [0.3, 0.4) is 0 Å². The lowest BCUT2D eigenvalue weighted by Gasteiger charge is -2.12. The molecule has 3 rings (SSSR count). The van der Waals surface area contributed by atoms with Crippen LogP contribution in [0.15, 0.2) is 64.6 Å². The molecular formula is C23H19BrN2O3. The van der Waals surface area contributed by atoms with E-state index in [0.29, 0.717) is 33.8 Å². The minimum Gasteiger partial charge on any atom is -0.493 e. The van der Waals surface area contributed by atoms with Gasteiger partial charge in [-0.25, -0.2) is 0 Å². The lowest BCUT2D eigenvalue weighted by atomic mass is 10.1. The Kier molecular flexibility index (Phi) is 6.53. The predicted molar refractivity (Wildman–Crippen MR) is 118 cm³/mol. The van der Waals surface area contributed by atoms with Crippen molar-refractivity contribution in [1.29, 1.82) is 5.26 Å². The van der Waals surface area contributed by atoms with Gasteiger partial charge in [0.1, 0.15) is 11.6 Å². The Morgan fingerprint density at radius 2 is 1.97 bits per heavy atom. The maximum atomic E-state index is 12.7. The Bertz CT molecular complexity index is 1130. The van der Waals surface area contributed by atoms with Gasteiger partial charge in [0.05, 0.1) is 18.2 Å². The topological polar surface area (TPSA) is 71.3 Å². The van der Waals surface area contributed by atoms with E-state index in [1.54, 1.807) is 12.1 Å². The van der Waals surface area contributed by atoms with Gasteiger partial charge in [0, 0.05) is 11.1 Å². The molecule has 0 radical (unpaired) electrons. The maximum absolute atomic E-state index is 12.7. The number of nitriles is 1. The number of carbonyl (C=O) groups excluding carboxylic acids is 1. The van der Waals surface area contributed by atoms with E-state index in [1.807, 2.05) is 55.5 Å². The summed E-state index contributed by atoms with van der Waals surface area (Å²) in [7, 11) is 1.54. The van der Waals surface area contributed by atoms with Gasteiger partial charge in [-0.2, -0.15) is 5.26 Å². The molecule has 146 valence electrons. The third-order valence-electron chi connectivity index (χ3n) is 4.25. The summed E-state index contributed by atoms with van der Waals surface area (Å²) < 4.78 is 11.6. The van der Waals surface area contributed by atoms with Crippen LogP contribution in [0.2, 0.25) is 0 Å². The van der Waals surface area contributed by atoms with Crippen LogP contribution in [0.4, 0.5) is 5.69 Å². The Morgan fingerprint density at radius 3 is 2.69 bits per heavy atom. The number of carbonyl (C=O) groups is 1. The molecule has 3 aromatic carbocycles. The predicted octanol–water partition coefficient (Wildman–Crippen LogP) is 5.56. The first-order chi connectivity index (χ1) is 14.1. The first kappa shape index (κ1) is 20.4. The number of nitrogens with zero attached hydrogens (tertiary/aromatic N) is 1. The molecule has 0 heterocycles. The number of ether oxygens (including phenoxy) is 2.